The van der Waals surface area contributed by atoms with Crippen LogP contribution in [0.1, 0.15) is 5.56 Å². The average molecular weight is 246 g/mol. The average Bonchev–Trinajstić information content (AvgIpc) is 2.45. The summed E-state index contributed by atoms with van der Waals surface area (Å²) in [6.45, 7) is 0.00949. The summed E-state index contributed by atoms with van der Waals surface area (Å²) >= 11 is 0. The van der Waals surface area contributed by atoms with Gasteiger partial charge < -0.3 is 9.47 Å². The Balaban J connectivity index is 2.00. The van der Waals surface area contributed by atoms with Gasteiger partial charge >= 0.3 is 0 Å². The Morgan fingerprint density at radius 2 is 1.39 bits per heavy atom. The minimum absolute atomic E-state index is 0.0473. The van der Waals surface area contributed by atoms with Gasteiger partial charge in [-0.25, -0.2) is 4.39 Å². The van der Waals surface area contributed by atoms with E-state index in [1.807, 2.05) is 48.5 Å². The summed E-state index contributed by atoms with van der Waals surface area (Å²) in [4.78, 5) is 0. The lowest BCUT2D eigenvalue weighted by molar-refractivity contribution is 0.243. The van der Waals surface area contributed by atoms with E-state index in [2.05, 4.69) is 0 Å². The number of ether oxygens (including phenoxy) is 2. The highest BCUT2D eigenvalue weighted by Crippen LogP contribution is 2.27. The molecule has 2 rings (SSSR count). The van der Waals surface area contributed by atoms with Crippen molar-refractivity contribution in [1.82, 2.24) is 0 Å². The molecule has 0 amide bonds. The summed E-state index contributed by atoms with van der Waals surface area (Å²) < 4.78 is 23.0. The highest BCUT2D eigenvalue weighted by molar-refractivity contribution is 5.39. The van der Waals surface area contributed by atoms with Gasteiger partial charge in [-0.05, 0) is 17.7 Å². The van der Waals surface area contributed by atoms with E-state index in [1.54, 1.807) is 6.07 Å². The van der Waals surface area contributed by atoms with Gasteiger partial charge in [0.15, 0.2) is 11.5 Å². The zero-order chi connectivity index (χ0) is 12.6. The molecule has 0 fully saturated rings. The largest absolute Gasteiger partial charge is 0.487 e. The van der Waals surface area contributed by atoms with E-state index in [0.29, 0.717) is 18.1 Å². The Labute approximate surface area is 106 Å². The first-order valence-electron chi connectivity index (χ1n) is 5.84. The number of halogens is 1. The molecule has 0 heterocycles. The van der Waals surface area contributed by atoms with Crippen LogP contribution in [-0.2, 0) is 6.61 Å². The molecule has 2 aromatic rings. The molecule has 0 saturated heterocycles. The Kier molecular flexibility index (Phi) is 4.59. The van der Waals surface area contributed by atoms with Crippen LogP contribution in [0.2, 0.25) is 0 Å². The van der Waals surface area contributed by atoms with Crippen molar-refractivity contribution in [3.05, 3.63) is 60.2 Å². The van der Waals surface area contributed by atoms with E-state index >= 15 is 0 Å². The molecule has 0 atom stereocenters. The molecule has 0 N–H and O–H groups in total. The van der Waals surface area contributed by atoms with E-state index in [4.69, 9.17) is 9.47 Å². The van der Waals surface area contributed by atoms with E-state index in [0.717, 1.165) is 5.56 Å². The third-order valence-electron chi connectivity index (χ3n) is 2.42. The van der Waals surface area contributed by atoms with Crippen molar-refractivity contribution in [1.29, 1.82) is 0 Å². The fourth-order valence-electron chi connectivity index (χ4n) is 1.57. The number of alkyl halides is 1. The van der Waals surface area contributed by atoms with Crippen LogP contribution in [0.25, 0.3) is 0 Å². The highest BCUT2D eigenvalue weighted by Gasteiger charge is 2.04. The first-order chi connectivity index (χ1) is 8.90. The zero-order valence-corrected chi connectivity index (χ0v) is 10.0. The molecule has 0 saturated carbocycles. The Morgan fingerprint density at radius 1 is 0.778 bits per heavy atom. The third kappa shape index (κ3) is 3.48. The maximum absolute atomic E-state index is 12.1. The standard InChI is InChI=1S/C15H15FO2/c16-10-11-17-14-8-4-5-9-15(14)18-12-13-6-2-1-3-7-13/h1-9H,10-12H2. The Hall–Kier alpha value is -2.03. The molecule has 0 unspecified atom stereocenters. The van der Waals surface area contributed by atoms with Crippen LogP contribution in [0.3, 0.4) is 0 Å². The molecular weight excluding hydrogens is 231 g/mol. The minimum atomic E-state index is -0.507. The van der Waals surface area contributed by atoms with Crippen molar-refractivity contribution in [2.45, 2.75) is 6.61 Å². The second-order valence-electron chi connectivity index (χ2n) is 3.76. The topological polar surface area (TPSA) is 18.5 Å². The molecule has 94 valence electrons. The first kappa shape index (κ1) is 12.4. The molecule has 0 aliphatic rings. The maximum atomic E-state index is 12.1. The van der Waals surface area contributed by atoms with Gasteiger partial charge in [0.05, 0.1) is 0 Å². The molecule has 0 aliphatic heterocycles. The lowest BCUT2D eigenvalue weighted by atomic mass is 10.2. The van der Waals surface area contributed by atoms with Crippen molar-refractivity contribution in [2.75, 3.05) is 13.3 Å². The number of hydrogen-bond donors (Lipinski definition) is 0. The van der Waals surface area contributed by atoms with Crippen LogP contribution in [0.15, 0.2) is 54.6 Å². The van der Waals surface area contributed by atoms with Gasteiger partial charge in [-0.1, -0.05) is 42.5 Å². The lowest BCUT2D eigenvalue weighted by Crippen LogP contribution is -2.02. The summed E-state index contributed by atoms with van der Waals surface area (Å²) in [6.07, 6.45) is 0. The summed E-state index contributed by atoms with van der Waals surface area (Å²) in [6, 6.07) is 17.2. The molecule has 0 aromatic heterocycles. The van der Waals surface area contributed by atoms with Gasteiger partial charge in [-0.3, -0.25) is 0 Å². The third-order valence-corrected chi connectivity index (χ3v) is 2.42. The minimum Gasteiger partial charge on any atom is -0.487 e. The van der Waals surface area contributed by atoms with Crippen LogP contribution in [0.4, 0.5) is 4.39 Å². The first-order valence-corrected chi connectivity index (χ1v) is 5.84. The molecule has 18 heavy (non-hydrogen) atoms. The number of para-hydroxylation sites is 2. The van der Waals surface area contributed by atoms with Gasteiger partial charge in [0.2, 0.25) is 0 Å². The SMILES string of the molecule is FCCOc1ccccc1OCc1ccccc1. The van der Waals surface area contributed by atoms with Gasteiger partial charge in [0.25, 0.3) is 0 Å². The van der Waals surface area contributed by atoms with Crippen molar-refractivity contribution in [2.24, 2.45) is 0 Å². The summed E-state index contributed by atoms with van der Waals surface area (Å²) in [7, 11) is 0. The van der Waals surface area contributed by atoms with E-state index in [9.17, 15) is 4.39 Å². The fraction of sp³-hybridized carbons (Fsp3) is 0.200. The normalized spacial score (nSPS) is 10.1. The second kappa shape index (κ2) is 6.64. The van der Waals surface area contributed by atoms with Crippen molar-refractivity contribution in [3.8, 4) is 11.5 Å². The van der Waals surface area contributed by atoms with Gasteiger partial charge in [0.1, 0.15) is 19.9 Å². The molecule has 0 radical (unpaired) electrons. The monoisotopic (exact) mass is 246 g/mol. The summed E-state index contributed by atoms with van der Waals surface area (Å²) in [5.74, 6) is 1.21. The summed E-state index contributed by atoms with van der Waals surface area (Å²) in [5, 5.41) is 0. The van der Waals surface area contributed by atoms with Crippen LogP contribution in [0.5, 0.6) is 11.5 Å². The molecule has 2 nitrogen and oxygen atoms in total. The van der Waals surface area contributed by atoms with Crippen LogP contribution < -0.4 is 9.47 Å². The van der Waals surface area contributed by atoms with E-state index < -0.39 is 6.67 Å². The predicted molar refractivity (Wildman–Crippen MR) is 68.7 cm³/mol. The van der Waals surface area contributed by atoms with Gasteiger partial charge in [0, 0.05) is 0 Å². The molecular formula is C15H15FO2. The fourth-order valence-corrected chi connectivity index (χ4v) is 1.57. The predicted octanol–water partition coefficient (Wildman–Crippen LogP) is 3.61. The lowest BCUT2D eigenvalue weighted by Gasteiger charge is -2.11. The Morgan fingerprint density at radius 3 is 2.06 bits per heavy atom. The molecule has 3 heteroatoms. The quantitative estimate of drug-likeness (QED) is 0.775. The number of benzene rings is 2. The van der Waals surface area contributed by atoms with Crippen molar-refractivity contribution in [3.63, 3.8) is 0 Å². The van der Waals surface area contributed by atoms with Gasteiger partial charge in [-0.15, -0.1) is 0 Å². The van der Waals surface area contributed by atoms with E-state index in [-0.39, 0.29) is 6.61 Å². The number of hydrogen-bond acceptors (Lipinski definition) is 2. The second-order valence-corrected chi connectivity index (χ2v) is 3.76. The zero-order valence-electron chi connectivity index (χ0n) is 10.0. The molecule has 0 aliphatic carbocycles. The molecule has 0 spiro atoms. The smallest absolute Gasteiger partial charge is 0.161 e. The van der Waals surface area contributed by atoms with Crippen LogP contribution >= 0.6 is 0 Å². The molecule has 2 aromatic carbocycles. The Bertz CT molecular complexity index is 471. The molecule has 0 bridgehead atoms. The van der Waals surface area contributed by atoms with Crippen molar-refractivity contribution < 1.29 is 13.9 Å². The van der Waals surface area contributed by atoms with Crippen molar-refractivity contribution >= 4 is 0 Å². The number of rotatable bonds is 6. The summed E-state index contributed by atoms with van der Waals surface area (Å²) in [5.41, 5.74) is 1.08. The van der Waals surface area contributed by atoms with Crippen LogP contribution in [0, 0.1) is 0 Å². The van der Waals surface area contributed by atoms with Crippen LogP contribution in [-0.4, -0.2) is 13.3 Å². The highest BCUT2D eigenvalue weighted by atomic mass is 19.1. The van der Waals surface area contributed by atoms with E-state index in [1.165, 1.54) is 0 Å². The van der Waals surface area contributed by atoms with Gasteiger partial charge in [-0.2, -0.15) is 0 Å². The maximum Gasteiger partial charge on any atom is 0.161 e.